The summed E-state index contributed by atoms with van der Waals surface area (Å²) in [4.78, 5) is 17.1. The number of piperazine rings is 1. The van der Waals surface area contributed by atoms with Gasteiger partial charge in [0.15, 0.2) is 0 Å². The quantitative estimate of drug-likeness (QED) is 0.679. The molecule has 5 rings (SSSR count). The lowest BCUT2D eigenvalue weighted by molar-refractivity contribution is -0.0179. The van der Waals surface area contributed by atoms with Crippen molar-refractivity contribution in [3.63, 3.8) is 0 Å². The Bertz CT molecular complexity index is 1050. The summed E-state index contributed by atoms with van der Waals surface area (Å²) < 4.78 is 2.02. The largest absolute Gasteiger partial charge is 0.346 e. The molecular formula is C22H28N8. The fraction of sp³-hybridized carbons (Fsp3) is 0.545. The minimum atomic E-state index is -0.206. The molecule has 1 aliphatic heterocycles. The number of rotatable bonds is 6. The monoisotopic (exact) mass is 404 g/mol. The van der Waals surface area contributed by atoms with Crippen molar-refractivity contribution in [1.29, 1.82) is 5.26 Å². The van der Waals surface area contributed by atoms with E-state index in [1.54, 1.807) is 6.33 Å². The van der Waals surface area contributed by atoms with Gasteiger partial charge in [-0.3, -0.25) is 9.58 Å². The van der Waals surface area contributed by atoms with E-state index in [9.17, 15) is 5.26 Å². The molecule has 0 atom stereocenters. The lowest BCUT2D eigenvalue weighted by Gasteiger charge is -2.52. The first-order chi connectivity index (χ1) is 14.7. The molecule has 0 radical (unpaired) electrons. The minimum absolute atomic E-state index is 0.206. The van der Waals surface area contributed by atoms with Crippen LogP contribution in [0.25, 0.3) is 22.3 Å². The molecule has 0 spiro atoms. The van der Waals surface area contributed by atoms with Gasteiger partial charge in [0.25, 0.3) is 0 Å². The van der Waals surface area contributed by atoms with Gasteiger partial charge in [-0.15, -0.1) is 0 Å². The van der Waals surface area contributed by atoms with Gasteiger partial charge in [-0.2, -0.15) is 10.4 Å². The zero-order chi connectivity index (χ0) is 20.6. The molecule has 0 aromatic carbocycles. The number of aromatic nitrogens is 5. The second kappa shape index (κ2) is 7.82. The predicted octanol–water partition coefficient (Wildman–Crippen LogP) is 2.62. The molecule has 30 heavy (non-hydrogen) atoms. The van der Waals surface area contributed by atoms with Gasteiger partial charge in [-0.1, -0.05) is 6.92 Å². The fourth-order valence-electron chi connectivity index (χ4n) is 5.11. The van der Waals surface area contributed by atoms with Crippen LogP contribution in [-0.2, 0) is 5.54 Å². The maximum atomic E-state index is 9.52. The second-order valence-corrected chi connectivity index (χ2v) is 8.63. The van der Waals surface area contributed by atoms with Gasteiger partial charge in [0.05, 0.1) is 29.9 Å². The van der Waals surface area contributed by atoms with Gasteiger partial charge in [0.1, 0.15) is 12.0 Å². The van der Waals surface area contributed by atoms with Gasteiger partial charge in [0, 0.05) is 55.6 Å². The van der Waals surface area contributed by atoms with E-state index in [1.165, 1.54) is 13.0 Å². The summed E-state index contributed by atoms with van der Waals surface area (Å²) in [7, 11) is 0. The first-order valence-electron chi connectivity index (χ1n) is 10.9. The van der Waals surface area contributed by atoms with Gasteiger partial charge in [-0.25, -0.2) is 9.97 Å². The molecule has 1 saturated carbocycles. The number of nitriles is 1. The summed E-state index contributed by atoms with van der Waals surface area (Å²) in [6, 6.07) is 4.95. The third-order valence-electron chi connectivity index (χ3n) is 6.80. The van der Waals surface area contributed by atoms with E-state index >= 15 is 0 Å². The molecule has 1 saturated heterocycles. The minimum Gasteiger partial charge on any atom is -0.346 e. The molecule has 2 aliphatic rings. The lowest BCUT2D eigenvalue weighted by Crippen LogP contribution is -2.60. The number of nitrogens with one attached hydrogen (secondary N) is 1. The maximum absolute atomic E-state index is 9.52. The number of aromatic amines is 1. The molecule has 8 heteroatoms. The molecule has 156 valence electrons. The molecule has 1 N–H and O–H groups in total. The van der Waals surface area contributed by atoms with Crippen LogP contribution in [0.3, 0.4) is 0 Å². The highest BCUT2D eigenvalue weighted by atomic mass is 15.4. The van der Waals surface area contributed by atoms with Crippen LogP contribution in [0, 0.1) is 11.3 Å². The molecule has 4 heterocycles. The fourth-order valence-corrected chi connectivity index (χ4v) is 5.11. The smallest absolute Gasteiger partial charge is 0.141 e. The van der Waals surface area contributed by atoms with Crippen LogP contribution in [0.4, 0.5) is 0 Å². The van der Waals surface area contributed by atoms with Crippen molar-refractivity contribution < 1.29 is 0 Å². The van der Waals surface area contributed by atoms with Crippen LogP contribution in [0.5, 0.6) is 0 Å². The normalized spacial score (nSPS) is 25.3. The summed E-state index contributed by atoms with van der Waals surface area (Å²) in [5, 5.41) is 15.2. The van der Waals surface area contributed by atoms with E-state index in [4.69, 9.17) is 0 Å². The molecule has 8 nitrogen and oxygen atoms in total. The first-order valence-corrected chi connectivity index (χ1v) is 10.9. The lowest BCUT2D eigenvalue weighted by atomic mass is 9.70. The first kappa shape index (κ1) is 19.2. The molecule has 2 fully saturated rings. The Morgan fingerprint density at radius 2 is 2.07 bits per heavy atom. The van der Waals surface area contributed by atoms with Crippen molar-refractivity contribution in [2.24, 2.45) is 0 Å². The SMILES string of the molecule is CCCN1CCN(C2CC(CC#N)(n3cc(-c4ncnc5[nH]ccc45)cn3)C2)CC1. The van der Waals surface area contributed by atoms with Crippen LogP contribution in [0.2, 0.25) is 0 Å². The Balaban J connectivity index is 1.32. The highest BCUT2D eigenvalue weighted by molar-refractivity contribution is 5.89. The second-order valence-electron chi connectivity index (χ2n) is 8.63. The molecule has 1 aliphatic carbocycles. The van der Waals surface area contributed by atoms with E-state index in [-0.39, 0.29) is 5.54 Å². The third kappa shape index (κ3) is 3.28. The molecule has 0 amide bonds. The van der Waals surface area contributed by atoms with Crippen LogP contribution in [0.1, 0.15) is 32.6 Å². The standard InChI is InChI=1S/C22H28N8/c1-2-7-28-8-10-29(11-9-28)18-12-22(13-18,4-5-23)30-15-17(14-27-30)20-19-3-6-24-21(19)26-16-25-20/h3,6,14-16,18H,2,4,7-13H2,1H3,(H,24,25,26). The average Bonchev–Trinajstić information content (AvgIpc) is 3.41. The zero-order valence-electron chi connectivity index (χ0n) is 17.5. The van der Waals surface area contributed by atoms with E-state index in [2.05, 4.69) is 49.0 Å². The van der Waals surface area contributed by atoms with E-state index < -0.39 is 0 Å². The summed E-state index contributed by atoms with van der Waals surface area (Å²) in [5.41, 5.74) is 2.46. The van der Waals surface area contributed by atoms with Crippen LogP contribution >= 0.6 is 0 Å². The predicted molar refractivity (Wildman–Crippen MR) is 115 cm³/mol. The Kier molecular flexibility index (Phi) is 5.01. The van der Waals surface area contributed by atoms with Gasteiger partial charge in [0.2, 0.25) is 0 Å². The van der Waals surface area contributed by atoms with Crippen LogP contribution in [0.15, 0.2) is 31.0 Å². The summed E-state index contributed by atoms with van der Waals surface area (Å²) in [6.07, 6.45) is 11.1. The summed E-state index contributed by atoms with van der Waals surface area (Å²) in [6.45, 7) is 8.01. The van der Waals surface area contributed by atoms with Gasteiger partial charge < -0.3 is 9.88 Å². The Morgan fingerprint density at radius 3 is 2.83 bits per heavy atom. The maximum Gasteiger partial charge on any atom is 0.141 e. The van der Waals surface area contributed by atoms with E-state index in [1.807, 2.05) is 23.1 Å². The number of H-pyrrole nitrogens is 1. The van der Waals surface area contributed by atoms with E-state index in [0.717, 1.165) is 61.3 Å². The van der Waals surface area contributed by atoms with Gasteiger partial charge >= 0.3 is 0 Å². The Morgan fingerprint density at radius 1 is 1.23 bits per heavy atom. The third-order valence-corrected chi connectivity index (χ3v) is 6.80. The molecular weight excluding hydrogens is 376 g/mol. The molecule has 3 aromatic rings. The molecule has 3 aromatic heterocycles. The summed E-state index contributed by atoms with van der Waals surface area (Å²) >= 11 is 0. The van der Waals surface area contributed by atoms with Crippen molar-refractivity contribution in [2.45, 2.75) is 44.2 Å². The molecule has 0 bridgehead atoms. The highest BCUT2D eigenvalue weighted by Crippen LogP contribution is 2.45. The molecule has 0 unspecified atom stereocenters. The van der Waals surface area contributed by atoms with Crippen molar-refractivity contribution in [1.82, 2.24) is 34.5 Å². The highest BCUT2D eigenvalue weighted by Gasteiger charge is 2.49. The van der Waals surface area contributed by atoms with Crippen molar-refractivity contribution in [3.8, 4) is 17.3 Å². The van der Waals surface area contributed by atoms with E-state index in [0.29, 0.717) is 12.5 Å². The Hall–Kier alpha value is -2.76. The number of fused-ring (bicyclic) bond motifs is 1. The zero-order valence-corrected chi connectivity index (χ0v) is 17.5. The van der Waals surface area contributed by atoms with Crippen LogP contribution < -0.4 is 0 Å². The number of nitrogens with zero attached hydrogens (tertiary/aromatic N) is 7. The van der Waals surface area contributed by atoms with Gasteiger partial charge in [-0.05, 0) is 31.9 Å². The summed E-state index contributed by atoms with van der Waals surface area (Å²) in [5.74, 6) is 0. The average molecular weight is 405 g/mol. The van der Waals surface area contributed by atoms with Crippen molar-refractivity contribution >= 4 is 11.0 Å². The van der Waals surface area contributed by atoms with Crippen molar-refractivity contribution in [3.05, 3.63) is 31.0 Å². The van der Waals surface area contributed by atoms with Crippen LogP contribution in [-0.4, -0.2) is 73.3 Å². The number of hydrogen-bond donors (Lipinski definition) is 1. The number of hydrogen-bond acceptors (Lipinski definition) is 6. The van der Waals surface area contributed by atoms with Crippen molar-refractivity contribution in [2.75, 3.05) is 32.7 Å². The topological polar surface area (TPSA) is 89.7 Å². The Labute approximate surface area is 176 Å².